The van der Waals surface area contributed by atoms with Gasteiger partial charge in [0.1, 0.15) is 5.82 Å². The van der Waals surface area contributed by atoms with Gasteiger partial charge in [0.25, 0.3) is 0 Å². The molecule has 1 aromatic carbocycles. The maximum absolute atomic E-state index is 11.8. The summed E-state index contributed by atoms with van der Waals surface area (Å²) in [5, 5.41) is 7.49. The SMILES string of the molecule is CNc1nn(Cc2ccccc2Cl)c(N)c1S(C)(=O)=O. The average Bonchev–Trinajstić information content (AvgIpc) is 2.69. The summed E-state index contributed by atoms with van der Waals surface area (Å²) in [5.74, 6) is 0.328. The molecule has 0 aliphatic rings. The molecule has 0 fully saturated rings. The Balaban J connectivity index is 2.50. The number of aromatic nitrogens is 2. The van der Waals surface area contributed by atoms with Crippen LogP contribution in [0.5, 0.6) is 0 Å². The van der Waals surface area contributed by atoms with Gasteiger partial charge >= 0.3 is 0 Å². The molecular weight excluding hydrogens is 300 g/mol. The third kappa shape index (κ3) is 2.73. The first-order chi connectivity index (χ1) is 9.34. The molecule has 0 amide bonds. The third-order valence-electron chi connectivity index (χ3n) is 2.83. The molecule has 0 atom stereocenters. The minimum Gasteiger partial charge on any atom is -0.383 e. The summed E-state index contributed by atoms with van der Waals surface area (Å²) < 4.78 is 25.0. The molecule has 20 heavy (non-hydrogen) atoms. The lowest BCUT2D eigenvalue weighted by Crippen LogP contribution is -2.08. The van der Waals surface area contributed by atoms with Gasteiger partial charge in [0, 0.05) is 18.3 Å². The van der Waals surface area contributed by atoms with Crippen molar-refractivity contribution in [2.24, 2.45) is 0 Å². The van der Waals surface area contributed by atoms with Gasteiger partial charge in [-0.25, -0.2) is 13.1 Å². The maximum Gasteiger partial charge on any atom is 0.182 e. The maximum atomic E-state index is 11.8. The highest BCUT2D eigenvalue weighted by Crippen LogP contribution is 2.28. The summed E-state index contributed by atoms with van der Waals surface area (Å²) in [7, 11) is -1.87. The number of hydrogen-bond acceptors (Lipinski definition) is 5. The number of nitrogens with zero attached hydrogens (tertiary/aromatic N) is 2. The number of nitrogens with one attached hydrogen (secondary N) is 1. The molecule has 8 heteroatoms. The smallest absolute Gasteiger partial charge is 0.182 e. The lowest BCUT2D eigenvalue weighted by Gasteiger charge is -2.06. The number of sulfone groups is 1. The Hall–Kier alpha value is -1.73. The van der Waals surface area contributed by atoms with Crippen molar-refractivity contribution in [3.63, 3.8) is 0 Å². The Bertz CT molecular complexity index is 740. The molecule has 1 heterocycles. The highest BCUT2D eigenvalue weighted by molar-refractivity contribution is 7.91. The molecule has 0 aliphatic heterocycles. The Labute approximate surface area is 122 Å². The first-order valence-electron chi connectivity index (χ1n) is 5.82. The second-order valence-corrected chi connectivity index (χ2v) is 6.69. The molecular formula is C12H15ClN4O2S. The molecule has 3 N–H and O–H groups in total. The first kappa shape index (κ1) is 14.7. The molecule has 0 spiro atoms. The van der Waals surface area contributed by atoms with Crippen molar-refractivity contribution in [1.82, 2.24) is 9.78 Å². The lowest BCUT2D eigenvalue weighted by molar-refractivity contribution is 0.602. The van der Waals surface area contributed by atoms with Gasteiger partial charge in [-0.3, -0.25) is 0 Å². The monoisotopic (exact) mass is 314 g/mol. The van der Waals surface area contributed by atoms with Gasteiger partial charge in [-0.1, -0.05) is 29.8 Å². The van der Waals surface area contributed by atoms with E-state index in [2.05, 4.69) is 10.4 Å². The van der Waals surface area contributed by atoms with Gasteiger partial charge in [0.05, 0.1) is 6.54 Å². The zero-order valence-electron chi connectivity index (χ0n) is 11.1. The highest BCUT2D eigenvalue weighted by atomic mass is 35.5. The van der Waals surface area contributed by atoms with E-state index < -0.39 is 9.84 Å². The summed E-state index contributed by atoms with van der Waals surface area (Å²) in [4.78, 5) is 0.00653. The van der Waals surface area contributed by atoms with Crippen molar-refractivity contribution in [3.8, 4) is 0 Å². The quantitative estimate of drug-likeness (QED) is 0.895. The minimum atomic E-state index is -3.46. The minimum absolute atomic E-state index is 0.00653. The van der Waals surface area contributed by atoms with E-state index in [0.717, 1.165) is 11.8 Å². The van der Waals surface area contributed by atoms with Crippen molar-refractivity contribution in [2.45, 2.75) is 11.4 Å². The lowest BCUT2D eigenvalue weighted by atomic mass is 10.2. The molecule has 2 rings (SSSR count). The first-order valence-corrected chi connectivity index (χ1v) is 8.09. The van der Waals surface area contributed by atoms with Crippen LogP contribution in [0, 0.1) is 0 Å². The van der Waals surface area contributed by atoms with Crippen LogP contribution in [0.25, 0.3) is 0 Å². The molecule has 1 aromatic heterocycles. The standard InChI is InChI=1S/C12H15ClN4O2S/c1-15-12-10(20(2,18)19)11(14)17(16-12)7-8-5-3-4-6-9(8)13/h3-6H,7,14H2,1-2H3,(H,15,16). The summed E-state index contributed by atoms with van der Waals surface area (Å²) >= 11 is 6.08. The molecule has 0 saturated heterocycles. The molecule has 0 radical (unpaired) electrons. The van der Waals surface area contributed by atoms with Crippen LogP contribution in [0.1, 0.15) is 5.56 Å². The fourth-order valence-electron chi connectivity index (χ4n) is 1.90. The predicted octanol–water partition coefficient (Wildman–Crippen LogP) is 1.61. The van der Waals surface area contributed by atoms with Crippen LogP contribution in [0.4, 0.5) is 11.6 Å². The van der Waals surface area contributed by atoms with Gasteiger partial charge < -0.3 is 11.1 Å². The van der Waals surface area contributed by atoms with Gasteiger partial charge in [-0.2, -0.15) is 5.10 Å². The van der Waals surface area contributed by atoms with Gasteiger partial charge in [0.2, 0.25) is 0 Å². The molecule has 2 aromatic rings. The predicted molar refractivity (Wildman–Crippen MR) is 79.8 cm³/mol. The molecule has 0 saturated carbocycles. The molecule has 6 nitrogen and oxygen atoms in total. The van der Waals surface area contributed by atoms with E-state index in [4.69, 9.17) is 17.3 Å². The van der Waals surface area contributed by atoms with Crippen LogP contribution >= 0.6 is 11.6 Å². The van der Waals surface area contributed by atoms with Crippen molar-refractivity contribution < 1.29 is 8.42 Å². The number of anilines is 2. The van der Waals surface area contributed by atoms with E-state index >= 15 is 0 Å². The largest absolute Gasteiger partial charge is 0.383 e. The van der Waals surface area contributed by atoms with E-state index in [1.54, 1.807) is 13.1 Å². The van der Waals surface area contributed by atoms with Crippen LogP contribution in [-0.4, -0.2) is 31.5 Å². The second kappa shape index (κ2) is 5.34. The molecule has 0 unspecified atom stereocenters. The van der Waals surface area contributed by atoms with E-state index in [1.165, 1.54) is 4.68 Å². The van der Waals surface area contributed by atoms with Crippen molar-refractivity contribution >= 4 is 33.1 Å². The third-order valence-corrected chi connectivity index (χ3v) is 4.34. The Kier molecular flexibility index (Phi) is 3.92. The summed E-state index contributed by atoms with van der Waals surface area (Å²) in [5.41, 5.74) is 6.71. The molecule has 108 valence electrons. The average molecular weight is 315 g/mol. The number of halogens is 1. The van der Waals surface area contributed by atoms with Crippen molar-refractivity contribution in [1.29, 1.82) is 0 Å². The Morgan fingerprint density at radius 1 is 1.40 bits per heavy atom. The van der Waals surface area contributed by atoms with Crippen LogP contribution in [0.15, 0.2) is 29.2 Å². The molecule has 0 bridgehead atoms. The molecule has 0 aliphatic carbocycles. The van der Waals surface area contributed by atoms with Gasteiger partial charge in [-0.15, -0.1) is 0 Å². The number of nitrogen functional groups attached to an aromatic ring is 1. The number of rotatable bonds is 4. The van der Waals surface area contributed by atoms with E-state index in [-0.39, 0.29) is 16.5 Å². The number of nitrogens with two attached hydrogens (primary N) is 1. The normalized spacial score (nSPS) is 11.6. The Morgan fingerprint density at radius 3 is 2.55 bits per heavy atom. The zero-order chi connectivity index (χ0) is 14.9. The van der Waals surface area contributed by atoms with E-state index in [9.17, 15) is 8.42 Å². The second-order valence-electron chi connectivity index (χ2n) is 4.33. The number of benzene rings is 1. The zero-order valence-corrected chi connectivity index (χ0v) is 12.7. The topological polar surface area (TPSA) is 90.0 Å². The van der Waals surface area contributed by atoms with Crippen molar-refractivity contribution in [3.05, 3.63) is 34.9 Å². The van der Waals surface area contributed by atoms with Gasteiger partial charge in [0.15, 0.2) is 20.6 Å². The van der Waals surface area contributed by atoms with Gasteiger partial charge in [-0.05, 0) is 11.6 Å². The summed E-state index contributed by atoms with van der Waals surface area (Å²) in [6, 6.07) is 7.26. The number of hydrogen-bond donors (Lipinski definition) is 2. The Morgan fingerprint density at radius 2 is 2.05 bits per heavy atom. The highest BCUT2D eigenvalue weighted by Gasteiger charge is 2.23. The fraction of sp³-hybridized carbons (Fsp3) is 0.250. The van der Waals surface area contributed by atoms with E-state index in [1.807, 2.05) is 18.2 Å². The van der Waals surface area contributed by atoms with Crippen LogP contribution in [0.3, 0.4) is 0 Å². The summed E-state index contributed by atoms with van der Waals surface area (Å²) in [6.45, 7) is 0.301. The van der Waals surface area contributed by atoms with Crippen molar-refractivity contribution in [2.75, 3.05) is 24.4 Å². The van der Waals surface area contributed by atoms with Crippen LogP contribution in [0.2, 0.25) is 5.02 Å². The summed E-state index contributed by atoms with van der Waals surface area (Å²) in [6.07, 6.45) is 1.10. The van der Waals surface area contributed by atoms with Crippen LogP contribution < -0.4 is 11.1 Å². The van der Waals surface area contributed by atoms with E-state index in [0.29, 0.717) is 11.6 Å². The fourth-order valence-corrected chi connectivity index (χ4v) is 3.07. The van der Waals surface area contributed by atoms with Crippen LogP contribution in [-0.2, 0) is 16.4 Å².